The van der Waals surface area contributed by atoms with E-state index >= 15 is 0 Å². The zero-order valence-corrected chi connectivity index (χ0v) is 11.9. The molecule has 0 saturated carbocycles. The Hall–Kier alpha value is -0.870. The van der Waals surface area contributed by atoms with Crippen molar-refractivity contribution in [1.29, 1.82) is 0 Å². The van der Waals surface area contributed by atoms with Gasteiger partial charge in [0.15, 0.2) is 0 Å². The van der Waals surface area contributed by atoms with Crippen LogP contribution >= 0.6 is 11.3 Å². The molecule has 0 amide bonds. The van der Waals surface area contributed by atoms with Gasteiger partial charge in [0.2, 0.25) is 0 Å². The Morgan fingerprint density at radius 2 is 2.22 bits per heavy atom. The number of carbonyl (C=O) groups excluding carboxylic acids is 1. The van der Waals surface area contributed by atoms with E-state index in [1.54, 1.807) is 0 Å². The van der Waals surface area contributed by atoms with Gasteiger partial charge in [-0.2, -0.15) is 0 Å². The first-order chi connectivity index (χ1) is 8.83. The van der Waals surface area contributed by atoms with Crippen LogP contribution in [0.1, 0.15) is 37.5 Å². The molecule has 1 N–H and O–H groups in total. The van der Waals surface area contributed by atoms with Crippen molar-refractivity contribution in [1.82, 2.24) is 5.32 Å². The largest absolute Gasteiger partial charge is 0.466 e. The van der Waals surface area contributed by atoms with Crippen molar-refractivity contribution < 1.29 is 9.53 Å². The maximum atomic E-state index is 11.1. The normalized spacial score (nSPS) is 10.5. The summed E-state index contributed by atoms with van der Waals surface area (Å²) in [5.74, 6) is -0.0665. The monoisotopic (exact) mass is 269 g/mol. The predicted octanol–water partition coefficient (Wildman–Crippen LogP) is 3.00. The molecule has 0 saturated heterocycles. The fourth-order valence-corrected chi connectivity index (χ4v) is 2.43. The molecule has 1 rings (SSSR count). The Morgan fingerprint density at radius 1 is 1.33 bits per heavy atom. The zero-order valence-electron chi connectivity index (χ0n) is 11.1. The average Bonchev–Trinajstić information content (AvgIpc) is 2.86. The highest BCUT2D eigenvalue weighted by atomic mass is 32.1. The van der Waals surface area contributed by atoms with Crippen LogP contribution in [-0.2, 0) is 16.0 Å². The lowest BCUT2D eigenvalue weighted by molar-refractivity contribution is -0.143. The summed E-state index contributed by atoms with van der Waals surface area (Å²) in [5, 5.41) is 5.54. The predicted molar refractivity (Wildman–Crippen MR) is 76.0 cm³/mol. The van der Waals surface area contributed by atoms with Crippen molar-refractivity contribution in [2.45, 2.75) is 39.0 Å². The summed E-state index contributed by atoms with van der Waals surface area (Å²) in [6.07, 6.45) is 4.82. The van der Waals surface area contributed by atoms with Gasteiger partial charge >= 0.3 is 5.97 Å². The molecule has 1 aromatic rings. The lowest BCUT2D eigenvalue weighted by Crippen LogP contribution is -2.18. The first-order valence-electron chi connectivity index (χ1n) is 6.71. The number of rotatable bonds is 10. The fourth-order valence-electron chi connectivity index (χ4n) is 1.72. The van der Waals surface area contributed by atoms with E-state index in [1.165, 1.54) is 4.88 Å². The molecule has 0 unspecified atom stereocenters. The van der Waals surface area contributed by atoms with Crippen LogP contribution in [0.3, 0.4) is 0 Å². The van der Waals surface area contributed by atoms with Crippen LogP contribution in [0.15, 0.2) is 17.5 Å². The topological polar surface area (TPSA) is 38.3 Å². The van der Waals surface area contributed by atoms with Gasteiger partial charge in [-0.3, -0.25) is 4.79 Å². The Morgan fingerprint density at radius 3 is 2.94 bits per heavy atom. The highest BCUT2D eigenvalue weighted by Gasteiger charge is 2.00. The Balaban J connectivity index is 1.83. The summed E-state index contributed by atoms with van der Waals surface area (Å²) >= 11 is 1.81. The summed E-state index contributed by atoms with van der Waals surface area (Å²) in [4.78, 5) is 12.5. The molecule has 0 fully saturated rings. The molecule has 1 aromatic heterocycles. The maximum Gasteiger partial charge on any atom is 0.305 e. The molecule has 3 nitrogen and oxygen atoms in total. The van der Waals surface area contributed by atoms with Gasteiger partial charge in [-0.1, -0.05) is 12.5 Å². The Labute approximate surface area is 114 Å². The lowest BCUT2D eigenvalue weighted by atomic mass is 10.2. The average molecular weight is 269 g/mol. The molecule has 4 heteroatoms. The molecule has 18 heavy (non-hydrogen) atoms. The number of hydrogen-bond donors (Lipinski definition) is 1. The van der Waals surface area contributed by atoms with Crippen molar-refractivity contribution in [3.8, 4) is 0 Å². The van der Waals surface area contributed by atoms with E-state index in [1.807, 2.05) is 18.3 Å². The summed E-state index contributed by atoms with van der Waals surface area (Å²) in [6, 6.07) is 4.26. The van der Waals surface area contributed by atoms with Crippen molar-refractivity contribution in [3.05, 3.63) is 22.4 Å². The minimum absolute atomic E-state index is 0.0665. The number of nitrogens with one attached hydrogen (secondary N) is 1. The lowest BCUT2D eigenvalue weighted by Gasteiger charge is -2.04. The highest BCUT2D eigenvalue weighted by Crippen LogP contribution is 2.08. The molecule has 1 heterocycles. The molecule has 0 aliphatic heterocycles. The molecule has 102 valence electrons. The van der Waals surface area contributed by atoms with Crippen molar-refractivity contribution in [3.63, 3.8) is 0 Å². The van der Waals surface area contributed by atoms with Crippen LogP contribution in [0.25, 0.3) is 0 Å². The van der Waals surface area contributed by atoms with Crippen molar-refractivity contribution in [2.24, 2.45) is 0 Å². The minimum atomic E-state index is -0.0665. The van der Waals surface area contributed by atoms with E-state index in [9.17, 15) is 4.79 Å². The molecule has 0 atom stereocenters. The molecule has 0 spiro atoms. The van der Waals surface area contributed by atoms with Gasteiger partial charge in [0.1, 0.15) is 0 Å². The third-order valence-corrected chi connectivity index (χ3v) is 3.60. The van der Waals surface area contributed by atoms with Gasteiger partial charge in [0, 0.05) is 11.3 Å². The summed E-state index contributed by atoms with van der Waals surface area (Å²) in [5.41, 5.74) is 0. The molecular weight excluding hydrogens is 246 g/mol. The summed E-state index contributed by atoms with van der Waals surface area (Å²) < 4.78 is 4.87. The van der Waals surface area contributed by atoms with Gasteiger partial charge < -0.3 is 10.1 Å². The molecule has 0 aliphatic rings. The number of hydrogen-bond acceptors (Lipinski definition) is 4. The first-order valence-corrected chi connectivity index (χ1v) is 7.59. The quantitative estimate of drug-likeness (QED) is 0.524. The second kappa shape index (κ2) is 10.1. The smallest absolute Gasteiger partial charge is 0.305 e. The van der Waals surface area contributed by atoms with E-state index in [0.29, 0.717) is 13.0 Å². The van der Waals surface area contributed by atoms with Gasteiger partial charge in [0.05, 0.1) is 6.61 Å². The van der Waals surface area contributed by atoms with Crippen LogP contribution in [0.5, 0.6) is 0 Å². The molecule has 0 radical (unpaired) electrons. The minimum Gasteiger partial charge on any atom is -0.466 e. The van der Waals surface area contributed by atoms with Crippen LogP contribution in [0.2, 0.25) is 0 Å². The Kier molecular flexibility index (Phi) is 8.51. The highest BCUT2D eigenvalue weighted by molar-refractivity contribution is 7.09. The number of thiophene rings is 1. The van der Waals surface area contributed by atoms with Crippen LogP contribution in [0, 0.1) is 0 Å². The fraction of sp³-hybridized carbons (Fsp3) is 0.643. The maximum absolute atomic E-state index is 11.1. The van der Waals surface area contributed by atoms with Crippen LogP contribution in [-0.4, -0.2) is 25.7 Å². The standard InChI is InChI=1S/C14H23NO2S/c1-2-17-14(16)8-4-3-5-10-15-11-9-13-7-6-12-18-13/h6-7,12,15H,2-5,8-11H2,1H3. The summed E-state index contributed by atoms with van der Waals surface area (Å²) in [7, 11) is 0. The SMILES string of the molecule is CCOC(=O)CCCCCNCCc1cccs1. The van der Waals surface area contributed by atoms with Crippen LogP contribution in [0.4, 0.5) is 0 Å². The van der Waals surface area contributed by atoms with E-state index in [0.717, 1.165) is 38.8 Å². The molecule has 0 aliphatic carbocycles. The second-order valence-electron chi connectivity index (χ2n) is 4.20. The van der Waals surface area contributed by atoms with E-state index in [2.05, 4.69) is 22.8 Å². The van der Waals surface area contributed by atoms with Crippen LogP contribution < -0.4 is 5.32 Å². The second-order valence-corrected chi connectivity index (χ2v) is 5.23. The third-order valence-electron chi connectivity index (χ3n) is 2.67. The number of esters is 1. The number of carbonyl (C=O) groups is 1. The Bertz CT molecular complexity index is 312. The van der Waals surface area contributed by atoms with E-state index < -0.39 is 0 Å². The van der Waals surface area contributed by atoms with Gasteiger partial charge in [-0.05, 0) is 50.7 Å². The molecular formula is C14H23NO2S. The van der Waals surface area contributed by atoms with Gasteiger partial charge in [-0.25, -0.2) is 0 Å². The van der Waals surface area contributed by atoms with Crippen molar-refractivity contribution in [2.75, 3.05) is 19.7 Å². The van der Waals surface area contributed by atoms with E-state index in [-0.39, 0.29) is 5.97 Å². The zero-order chi connectivity index (χ0) is 13.1. The first kappa shape index (κ1) is 15.2. The van der Waals surface area contributed by atoms with Gasteiger partial charge in [-0.15, -0.1) is 11.3 Å². The summed E-state index contributed by atoms with van der Waals surface area (Å²) in [6.45, 7) is 4.41. The van der Waals surface area contributed by atoms with Crippen molar-refractivity contribution >= 4 is 17.3 Å². The van der Waals surface area contributed by atoms with Gasteiger partial charge in [0.25, 0.3) is 0 Å². The molecule has 0 aromatic carbocycles. The number of unbranched alkanes of at least 4 members (excludes halogenated alkanes) is 2. The molecule has 0 bridgehead atoms. The third kappa shape index (κ3) is 7.45. The number of ether oxygens (including phenoxy) is 1. The van der Waals surface area contributed by atoms with E-state index in [4.69, 9.17) is 4.74 Å².